The van der Waals surface area contributed by atoms with E-state index >= 15 is 0 Å². The fourth-order valence-electron chi connectivity index (χ4n) is 8.87. The Morgan fingerprint density at radius 3 is 2.54 bits per heavy atom. The number of quaternary nitrogens is 1. The number of fused-ring (bicyclic) bond motifs is 4. The molecule has 1 unspecified atom stereocenters. The number of aromatic hydroxyl groups is 1. The minimum absolute atomic E-state index is 0.0622. The Hall–Kier alpha value is -4.42. The van der Waals surface area contributed by atoms with Crippen LogP contribution in [-0.4, -0.2) is 83.2 Å². The van der Waals surface area contributed by atoms with Gasteiger partial charge in [0.05, 0.1) is 57.1 Å². The number of methoxy groups -OCH3 is 1. The van der Waals surface area contributed by atoms with Crippen molar-refractivity contribution in [3.05, 3.63) is 94.3 Å². The van der Waals surface area contributed by atoms with Crippen LogP contribution in [0.5, 0.6) is 11.5 Å². The number of anilines is 2. The van der Waals surface area contributed by atoms with Crippen molar-refractivity contribution in [2.45, 2.75) is 62.8 Å². The molecule has 3 saturated heterocycles. The molecule has 11 nitrogen and oxygen atoms in total. The average molecular weight is 712 g/mol. The number of nitrogens with one attached hydrogen (secondary N) is 3. The number of aromatic amines is 1. The van der Waals surface area contributed by atoms with E-state index < -0.39 is 11.7 Å². The lowest BCUT2D eigenvalue weighted by atomic mass is 9.80. The molecule has 52 heavy (non-hydrogen) atoms. The number of phenols is 1. The minimum atomic E-state index is -0.981. The van der Waals surface area contributed by atoms with Gasteiger partial charge in [-0.1, -0.05) is 49.2 Å². The van der Waals surface area contributed by atoms with Crippen molar-refractivity contribution >= 4 is 28.2 Å². The molecule has 11 heteroatoms. The van der Waals surface area contributed by atoms with Gasteiger partial charge in [0.15, 0.2) is 0 Å². The fraction of sp³-hybridized carbons (Fsp3) is 0.463. The molecule has 6 N–H and O–H groups in total. The number of carbonyl (C=O) groups excluding carboxylic acids is 1. The number of amides is 1. The van der Waals surface area contributed by atoms with E-state index in [4.69, 9.17) is 9.47 Å². The fourth-order valence-corrected chi connectivity index (χ4v) is 8.87. The van der Waals surface area contributed by atoms with Crippen LogP contribution in [0.2, 0.25) is 0 Å². The first-order chi connectivity index (χ1) is 25.2. The van der Waals surface area contributed by atoms with Gasteiger partial charge in [0.1, 0.15) is 29.7 Å². The first-order valence-electron chi connectivity index (χ1n) is 18.7. The highest BCUT2D eigenvalue weighted by Gasteiger charge is 2.48. The maximum atomic E-state index is 13.3. The van der Waals surface area contributed by atoms with E-state index in [1.54, 1.807) is 37.4 Å². The molecule has 0 radical (unpaired) electrons. The molecule has 8 rings (SSSR count). The van der Waals surface area contributed by atoms with E-state index in [0.29, 0.717) is 47.0 Å². The van der Waals surface area contributed by atoms with Crippen LogP contribution in [-0.2, 0) is 15.1 Å². The third-order valence-electron chi connectivity index (χ3n) is 11.9. The van der Waals surface area contributed by atoms with Crippen molar-refractivity contribution in [2.24, 2.45) is 11.8 Å². The molecule has 276 valence electrons. The zero-order chi connectivity index (χ0) is 36.3. The number of aliphatic hydroxyl groups excluding tert-OH is 1. The molecule has 1 aliphatic carbocycles. The van der Waals surface area contributed by atoms with Crippen LogP contribution in [0.25, 0.3) is 10.9 Å². The summed E-state index contributed by atoms with van der Waals surface area (Å²) in [5.41, 5.74) is 1.71. The summed E-state index contributed by atoms with van der Waals surface area (Å²) in [7, 11) is 1.55. The molecule has 3 aliphatic heterocycles. The molecule has 4 aliphatic rings. The van der Waals surface area contributed by atoms with Gasteiger partial charge in [0.25, 0.3) is 0 Å². The molecular formula is C41H51N4O7+. The standard InChI is InChI=1S/C41H50N4O7/c1-51-36-23-30(11-14-33(36)42-24-35(47)31-12-15-34(46)40-32(31)13-16-38(48)44-40)43-39(49)19-22-45-20-17-27(18-21-45)37(25-45)52-26-41(50,29-9-5-6-10-29)28-7-3-2-4-8-28/h2-4,7-8,11-16,23,27,29,35,37,42,47,50H,5-6,9-10,17-22,24-26H2,1H3,(H2-,43,44,46,48,49)/p+1/t27?,35-,37-,41?,45?/m0/s1. The predicted molar refractivity (Wildman–Crippen MR) is 200 cm³/mol. The minimum Gasteiger partial charge on any atom is -0.506 e. The Labute approximate surface area is 304 Å². The summed E-state index contributed by atoms with van der Waals surface area (Å²) < 4.78 is 13.2. The average Bonchev–Trinajstić information content (AvgIpc) is 3.73. The zero-order valence-electron chi connectivity index (χ0n) is 29.9. The van der Waals surface area contributed by atoms with Gasteiger partial charge in [-0.2, -0.15) is 0 Å². The maximum Gasteiger partial charge on any atom is 0.248 e. The zero-order valence-corrected chi connectivity index (χ0v) is 29.9. The topological polar surface area (TPSA) is 153 Å². The van der Waals surface area contributed by atoms with Crippen molar-refractivity contribution in [2.75, 3.05) is 57.1 Å². The third kappa shape index (κ3) is 7.54. The second kappa shape index (κ2) is 15.3. The molecule has 1 amide bonds. The summed E-state index contributed by atoms with van der Waals surface area (Å²) in [4.78, 5) is 27.7. The van der Waals surface area contributed by atoms with E-state index in [-0.39, 0.29) is 41.3 Å². The van der Waals surface area contributed by atoms with Crippen LogP contribution < -0.4 is 20.9 Å². The Bertz CT molecular complexity index is 1920. The van der Waals surface area contributed by atoms with E-state index in [1.165, 1.54) is 12.1 Å². The molecule has 1 aromatic heterocycles. The predicted octanol–water partition coefficient (Wildman–Crippen LogP) is 5.42. The maximum absolute atomic E-state index is 13.3. The molecule has 4 fully saturated rings. The normalized spacial score (nSPS) is 23.3. The van der Waals surface area contributed by atoms with Gasteiger partial charge in [-0.15, -0.1) is 0 Å². The quantitative estimate of drug-likeness (QED) is 0.0949. The Balaban J connectivity index is 0.937. The van der Waals surface area contributed by atoms with Crippen LogP contribution in [0, 0.1) is 11.8 Å². The largest absolute Gasteiger partial charge is 0.506 e. The second-order valence-electron chi connectivity index (χ2n) is 15.0. The van der Waals surface area contributed by atoms with E-state index in [0.717, 1.165) is 74.8 Å². The molecule has 3 aromatic carbocycles. The lowest BCUT2D eigenvalue weighted by Gasteiger charge is -2.52. The van der Waals surface area contributed by atoms with Gasteiger partial charge in [-0.3, -0.25) is 9.59 Å². The molecular weight excluding hydrogens is 660 g/mol. The van der Waals surface area contributed by atoms with Gasteiger partial charge >= 0.3 is 0 Å². The lowest BCUT2D eigenvalue weighted by molar-refractivity contribution is -0.946. The summed E-state index contributed by atoms with van der Waals surface area (Å²) >= 11 is 0. The van der Waals surface area contributed by atoms with Gasteiger partial charge in [0.2, 0.25) is 11.5 Å². The Morgan fingerprint density at radius 1 is 1.02 bits per heavy atom. The third-order valence-corrected chi connectivity index (χ3v) is 11.9. The van der Waals surface area contributed by atoms with Crippen molar-refractivity contribution in [3.8, 4) is 11.5 Å². The number of aromatic nitrogens is 1. The number of H-pyrrole nitrogens is 1. The van der Waals surface area contributed by atoms with Crippen molar-refractivity contribution < 1.29 is 34.1 Å². The van der Waals surface area contributed by atoms with Gasteiger partial charge in [-0.05, 0) is 54.2 Å². The van der Waals surface area contributed by atoms with Gasteiger partial charge < -0.3 is 44.9 Å². The summed E-state index contributed by atoms with van der Waals surface area (Å²) in [5.74, 6) is 1.08. The van der Waals surface area contributed by atoms with E-state index in [1.807, 2.05) is 30.3 Å². The smallest absolute Gasteiger partial charge is 0.248 e. The van der Waals surface area contributed by atoms with Crippen LogP contribution in [0.4, 0.5) is 11.4 Å². The molecule has 4 heterocycles. The number of phenolic OH excluding ortho intramolecular Hbond substituents is 1. The van der Waals surface area contributed by atoms with E-state index in [2.05, 4.69) is 15.6 Å². The molecule has 1 saturated carbocycles. The van der Waals surface area contributed by atoms with Crippen molar-refractivity contribution in [3.63, 3.8) is 0 Å². The SMILES string of the molecule is COc1cc(NC(=O)CC[N+]23CCC(CC2)[C@@H](OCC(O)(c2ccccc2)C2CCCC2)C3)ccc1NC[C@H](O)c1ccc(O)c2[nH]c(=O)ccc12. The highest BCUT2D eigenvalue weighted by Crippen LogP contribution is 2.43. The van der Waals surface area contributed by atoms with Crippen molar-refractivity contribution in [1.82, 2.24) is 4.98 Å². The number of pyridine rings is 1. The number of piperidine rings is 3. The molecule has 0 spiro atoms. The summed E-state index contributed by atoms with van der Waals surface area (Å²) in [5, 5.41) is 40.0. The number of hydrogen-bond acceptors (Lipinski definition) is 8. The van der Waals surface area contributed by atoms with Gasteiger partial charge in [0, 0.05) is 48.5 Å². The second-order valence-corrected chi connectivity index (χ2v) is 15.0. The lowest BCUT2D eigenvalue weighted by Crippen LogP contribution is -2.65. The summed E-state index contributed by atoms with van der Waals surface area (Å²) in [6.45, 7) is 4.13. The van der Waals surface area contributed by atoms with Crippen LogP contribution in [0.3, 0.4) is 0 Å². The summed E-state index contributed by atoms with van der Waals surface area (Å²) in [6, 6.07) is 21.4. The number of rotatable bonds is 14. The number of hydrogen-bond donors (Lipinski definition) is 6. The number of carbonyl (C=O) groups is 1. The Kier molecular flexibility index (Phi) is 10.6. The highest BCUT2D eigenvalue weighted by atomic mass is 16.5. The van der Waals surface area contributed by atoms with Crippen molar-refractivity contribution in [1.29, 1.82) is 0 Å². The summed E-state index contributed by atoms with van der Waals surface area (Å²) in [6.07, 6.45) is 6.00. The number of benzene rings is 3. The van der Waals surface area contributed by atoms with Gasteiger partial charge in [-0.25, -0.2) is 0 Å². The van der Waals surface area contributed by atoms with Crippen LogP contribution in [0.15, 0.2) is 77.6 Å². The number of aliphatic hydroxyl groups is 2. The molecule has 3 atom stereocenters. The van der Waals surface area contributed by atoms with Crippen LogP contribution in [0.1, 0.15) is 62.2 Å². The Morgan fingerprint density at radius 2 is 1.79 bits per heavy atom. The monoisotopic (exact) mass is 711 g/mol. The first-order valence-corrected chi connectivity index (χ1v) is 18.7. The number of ether oxygens (including phenoxy) is 2. The molecule has 2 bridgehead atoms. The highest BCUT2D eigenvalue weighted by molar-refractivity contribution is 5.91. The van der Waals surface area contributed by atoms with E-state index in [9.17, 15) is 24.9 Å². The molecule has 4 aromatic rings. The van der Waals surface area contributed by atoms with Crippen LogP contribution >= 0.6 is 0 Å². The number of nitrogens with zero attached hydrogens (tertiary/aromatic N) is 1. The first kappa shape index (κ1) is 36.0.